The minimum Gasteiger partial charge on any atom is -0.324 e. The average Bonchev–Trinajstić information content (AvgIpc) is 2.54. The summed E-state index contributed by atoms with van der Waals surface area (Å²) in [7, 11) is -3.76. The topological polar surface area (TPSA) is 110 Å². The molecule has 28 heavy (non-hydrogen) atoms. The van der Waals surface area contributed by atoms with Crippen molar-refractivity contribution in [2.45, 2.75) is 33.7 Å². The zero-order valence-electron chi connectivity index (χ0n) is 16.4. The van der Waals surface area contributed by atoms with Gasteiger partial charge in [-0.15, -0.1) is 0 Å². The molecule has 2 aromatic carbocycles. The highest BCUT2D eigenvalue weighted by molar-refractivity contribution is 7.92. The largest absolute Gasteiger partial charge is 0.324 e. The van der Waals surface area contributed by atoms with Crippen molar-refractivity contribution in [2.75, 3.05) is 15.9 Å². The number of nitrogens with zero attached hydrogens (tertiary/aromatic N) is 2. The van der Waals surface area contributed by atoms with Crippen molar-refractivity contribution in [3.63, 3.8) is 0 Å². The fourth-order valence-corrected chi connectivity index (χ4v) is 4.24. The first-order valence-electron chi connectivity index (χ1n) is 8.54. The van der Waals surface area contributed by atoms with Crippen molar-refractivity contribution < 1.29 is 18.1 Å². The Balaban J connectivity index is 2.40. The number of nitro benzene ring substituents is 1. The van der Waals surface area contributed by atoms with Crippen molar-refractivity contribution in [3.05, 3.63) is 63.2 Å². The highest BCUT2D eigenvalue weighted by Crippen LogP contribution is 2.27. The Morgan fingerprint density at radius 3 is 2.21 bits per heavy atom. The van der Waals surface area contributed by atoms with Crippen LogP contribution in [0.5, 0.6) is 0 Å². The molecule has 1 N–H and O–H groups in total. The maximum Gasteiger partial charge on any atom is 0.274 e. The van der Waals surface area contributed by atoms with Gasteiger partial charge in [-0.1, -0.05) is 12.1 Å². The third-order valence-corrected chi connectivity index (χ3v) is 5.55. The van der Waals surface area contributed by atoms with Gasteiger partial charge in [0.05, 0.1) is 28.1 Å². The Bertz CT molecular complexity index is 1010. The summed E-state index contributed by atoms with van der Waals surface area (Å²) in [5.74, 6) is -0.590. The maximum atomic E-state index is 12.8. The number of amides is 1. The molecule has 0 bridgehead atoms. The molecule has 0 heterocycles. The monoisotopic (exact) mass is 405 g/mol. The number of rotatable bonds is 6. The molecule has 1 atom stereocenters. The molecule has 0 aliphatic rings. The molecular weight excluding hydrogens is 382 g/mol. The van der Waals surface area contributed by atoms with Crippen LogP contribution in [0.1, 0.15) is 23.6 Å². The number of hydrogen-bond donors (Lipinski definition) is 1. The lowest BCUT2D eigenvalue weighted by Gasteiger charge is -2.29. The molecule has 9 heteroatoms. The molecule has 0 spiro atoms. The van der Waals surface area contributed by atoms with E-state index in [-0.39, 0.29) is 11.4 Å². The van der Waals surface area contributed by atoms with E-state index in [9.17, 15) is 23.3 Å². The van der Waals surface area contributed by atoms with E-state index in [4.69, 9.17) is 0 Å². The Labute approximate surface area is 164 Å². The normalized spacial score (nSPS) is 12.3. The van der Waals surface area contributed by atoms with Crippen LogP contribution in [0.15, 0.2) is 36.4 Å². The van der Waals surface area contributed by atoms with Crippen LogP contribution in [-0.2, 0) is 14.8 Å². The van der Waals surface area contributed by atoms with E-state index in [1.165, 1.54) is 32.0 Å². The molecule has 0 fully saturated rings. The van der Waals surface area contributed by atoms with Crippen LogP contribution in [-0.4, -0.2) is 31.5 Å². The average molecular weight is 405 g/mol. The van der Waals surface area contributed by atoms with Gasteiger partial charge in [-0.2, -0.15) is 0 Å². The SMILES string of the molecule is Cc1cc(C)cc(N([C@H](C)C(=O)Nc2cccc([N+](=O)[O-])c2C)S(C)(=O)=O)c1. The molecule has 0 radical (unpaired) electrons. The molecule has 0 unspecified atom stereocenters. The highest BCUT2D eigenvalue weighted by atomic mass is 32.2. The van der Waals surface area contributed by atoms with E-state index in [2.05, 4.69) is 5.32 Å². The fraction of sp³-hybridized carbons (Fsp3) is 0.316. The Kier molecular flexibility index (Phi) is 6.08. The van der Waals surface area contributed by atoms with Crippen molar-refractivity contribution in [1.29, 1.82) is 0 Å². The quantitative estimate of drug-likeness (QED) is 0.586. The summed E-state index contributed by atoms with van der Waals surface area (Å²) in [6, 6.07) is 8.56. The first-order chi connectivity index (χ1) is 12.9. The van der Waals surface area contributed by atoms with E-state index in [1.54, 1.807) is 12.1 Å². The number of anilines is 2. The number of sulfonamides is 1. The molecule has 0 aliphatic carbocycles. The third kappa shape index (κ3) is 4.66. The number of hydrogen-bond acceptors (Lipinski definition) is 5. The lowest BCUT2D eigenvalue weighted by Crippen LogP contribution is -2.45. The minimum absolute atomic E-state index is 0.125. The van der Waals surface area contributed by atoms with Crippen LogP contribution in [0.3, 0.4) is 0 Å². The molecule has 1 amide bonds. The van der Waals surface area contributed by atoms with Crippen LogP contribution in [0.25, 0.3) is 0 Å². The van der Waals surface area contributed by atoms with Gasteiger partial charge in [0.15, 0.2) is 0 Å². The zero-order chi connectivity index (χ0) is 21.2. The van der Waals surface area contributed by atoms with Gasteiger partial charge in [0, 0.05) is 6.07 Å². The standard InChI is InChI=1S/C19H23N3O5S/c1-12-9-13(2)11-16(10-12)21(28(5,26)27)15(4)19(23)20-17-7-6-8-18(14(17)3)22(24)25/h6-11,15H,1-5H3,(H,20,23)/t15-/m1/s1. The van der Waals surface area contributed by atoms with Crippen molar-refractivity contribution in [1.82, 2.24) is 0 Å². The van der Waals surface area contributed by atoms with Gasteiger partial charge in [-0.05, 0) is 57.0 Å². The van der Waals surface area contributed by atoms with E-state index >= 15 is 0 Å². The van der Waals surface area contributed by atoms with Crippen LogP contribution in [0, 0.1) is 30.9 Å². The van der Waals surface area contributed by atoms with E-state index < -0.39 is 26.9 Å². The first kappa shape index (κ1) is 21.4. The number of carbonyl (C=O) groups is 1. The van der Waals surface area contributed by atoms with Crippen LogP contribution < -0.4 is 9.62 Å². The first-order valence-corrected chi connectivity index (χ1v) is 10.4. The summed E-state index contributed by atoms with van der Waals surface area (Å²) in [5, 5.41) is 13.7. The predicted octanol–water partition coefficient (Wildman–Crippen LogP) is 3.31. The molecule has 2 aromatic rings. The zero-order valence-corrected chi connectivity index (χ0v) is 17.2. The minimum atomic E-state index is -3.76. The number of aryl methyl sites for hydroxylation is 2. The summed E-state index contributed by atoms with van der Waals surface area (Å²) >= 11 is 0. The second-order valence-corrected chi connectivity index (χ2v) is 8.64. The molecule has 2 rings (SSSR count). The van der Waals surface area contributed by atoms with Crippen molar-refractivity contribution in [2.24, 2.45) is 0 Å². The Morgan fingerprint density at radius 2 is 1.71 bits per heavy atom. The van der Waals surface area contributed by atoms with Crippen molar-refractivity contribution in [3.8, 4) is 0 Å². The van der Waals surface area contributed by atoms with E-state index in [0.29, 0.717) is 11.3 Å². The van der Waals surface area contributed by atoms with Crippen LogP contribution >= 0.6 is 0 Å². The van der Waals surface area contributed by atoms with Gasteiger partial charge in [-0.3, -0.25) is 19.2 Å². The second-order valence-electron chi connectivity index (χ2n) is 6.78. The van der Waals surface area contributed by atoms with Gasteiger partial charge in [0.2, 0.25) is 15.9 Å². The molecule has 0 aliphatic heterocycles. The molecule has 0 saturated carbocycles. The summed E-state index contributed by atoms with van der Waals surface area (Å²) < 4.78 is 25.9. The highest BCUT2D eigenvalue weighted by Gasteiger charge is 2.30. The van der Waals surface area contributed by atoms with Gasteiger partial charge >= 0.3 is 0 Å². The lowest BCUT2D eigenvalue weighted by molar-refractivity contribution is -0.385. The molecule has 150 valence electrons. The van der Waals surface area contributed by atoms with Gasteiger partial charge < -0.3 is 5.32 Å². The summed E-state index contributed by atoms with van der Waals surface area (Å²) in [5.41, 5.74) is 2.56. The number of nitrogens with one attached hydrogen (secondary N) is 1. The fourth-order valence-electron chi connectivity index (χ4n) is 3.08. The molecule has 0 aromatic heterocycles. The third-order valence-electron chi connectivity index (χ3n) is 4.31. The lowest BCUT2D eigenvalue weighted by atomic mass is 10.1. The second kappa shape index (κ2) is 7.97. The van der Waals surface area contributed by atoms with E-state index in [0.717, 1.165) is 21.7 Å². The molecule has 8 nitrogen and oxygen atoms in total. The van der Waals surface area contributed by atoms with Crippen LogP contribution in [0.2, 0.25) is 0 Å². The predicted molar refractivity (Wildman–Crippen MR) is 109 cm³/mol. The van der Waals surface area contributed by atoms with Crippen LogP contribution in [0.4, 0.5) is 17.1 Å². The van der Waals surface area contributed by atoms with Gasteiger partial charge in [0.25, 0.3) is 5.69 Å². The Hall–Kier alpha value is -2.94. The Morgan fingerprint density at radius 1 is 1.14 bits per heavy atom. The van der Waals surface area contributed by atoms with Gasteiger partial charge in [-0.25, -0.2) is 8.42 Å². The molecule has 0 saturated heterocycles. The maximum absolute atomic E-state index is 12.8. The molecular formula is C19H23N3O5S. The number of benzene rings is 2. The smallest absolute Gasteiger partial charge is 0.274 e. The number of nitro groups is 1. The summed E-state index contributed by atoms with van der Waals surface area (Å²) in [6.07, 6.45) is 1.03. The van der Waals surface area contributed by atoms with Crippen molar-refractivity contribution >= 4 is 33.0 Å². The van der Waals surface area contributed by atoms with Gasteiger partial charge in [0.1, 0.15) is 6.04 Å². The summed E-state index contributed by atoms with van der Waals surface area (Å²) in [6.45, 7) is 6.68. The van der Waals surface area contributed by atoms with E-state index in [1.807, 2.05) is 19.9 Å². The number of carbonyl (C=O) groups excluding carboxylic acids is 1. The summed E-state index contributed by atoms with van der Waals surface area (Å²) in [4.78, 5) is 23.3.